The predicted molar refractivity (Wildman–Crippen MR) is 129 cm³/mol. The van der Waals surface area contributed by atoms with Gasteiger partial charge in [0.1, 0.15) is 5.82 Å². The first-order valence-corrected chi connectivity index (χ1v) is 12.6. The minimum absolute atomic E-state index is 0.0450. The molecule has 0 aromatic carbocycles. The molecule has 0 saturated heterocycles. The van der Waals surface area contributed by atoms with Crippen molar-refractivity contribution < 1.29 is 13.2 Å². The first-order valence-electron chi connectivity index (χ1n) is 11.0. The van der Waals surface area contributed by atoms with E-state index in [1.807, 2.05) is 6.07 Å². The van der Waals surface area contributed by atoms with Crippen molar-refractivity contribution in [2.75, 3.05) is 10.0 Å². The van der Waals surface area contributed by atoms with Crippen molar-refractivity contribution in [1.29, 1.82) is 0 Å². The number of anilines is 2. The molecule has 1 aliphatic carbocycles. The second-order valence-electron chi connectivity index (χ2n) is 9.08. The summed E-state index contributed by atoms with van der Waals surface area (Å²) >= 11 is 0. The zero-order chi connectivity index (χ0) is 24.5. The molecule has 0 unspecified atom stereocenters. The Kier molecular flexibility index (Phi) is 6.30. The zero-order valence-electron chi connectivity index (χ0n) is 19.5. The van der Waals surface area contributed by atoms with Gasteiger partial charge in [-0.3, -0.25) is 9.52 Å². The maximum Gasteiger partial charge on any atom is 0.237 e. The lowest BCUT2D eigenvalue weighted by molar-refractivity contribution is -0.120. The van der Waals surface area contributed by atoms with Crippen LogP contribution in [-0.2, 0) is 20.2 Å². The van der Waals surface area contributed by atoms with Gasteiger partial charge in [-0.1, -0.05) is 13.8 Å². The second kappa shape index (κ2) is 9.05. The van der Waals surface area contributed by atoms with Crippen molar-refractivity contribution in [2.24, 2.45) is 0 Å². The molecule has 178 valence electrons. The summed E-state index contributed by atoms with van der Waals surface area (Å²) in [6.45, 7) is 7.52. The predicted octanol–water partition coefficient (Wildman–Crippen LogP) is 3.27. The summed E-state index contributed by atoms with van der Waals surface area (Å²) in [5.41, 5.74) is 0.984. The van der Waals surface area contributed by atoms with E-state index in [2.05, 4.69) is 48.8 Å². The molecule has 0 radical (unpaired) electrons. The van der Waals surface area contributed by atoms with E-state index >= 15 is 0 Å². The molecule has 3 aromatic rings. The van der Waals surface area contributed by atoms with Crippen LogP contribution in [0, 0.1) is 0 Å². The van der Waals surface area contributed by atoms with Gasteiger partial charge in [-0.05, 0) is 56.9 Å². The first-order chi connectivity index (χ1) is 16.1. The van der Waals surface area contributed by atoms with Gasteiger partial charge in [0, 0.05) is 29.8 Å². The third-order valence-electron chi connectivity index (χ3n) is 5.59. The number of hydrogen-bond donors (Lipinski definition) is 2. The number of carbonyl (C=O) groups is 1. The number of pyridine rings is 1. The highest BCUT2D eigenvalue weighted by Gasteiger charge is 2.37. The topological polar surface area (TPSA) is 140 Å². The monoisotopic (exact) mass is 481 g/mol. The fourth-order valence-corrected chi connectivity index (χ4v) is 4.44. The van der Waals surface area contributed by atoms with Crippen molar-refractivity contribution in [3.05, 3.63) is 54.2 Å². The molecule has 0 aliphatic heterocycles. The summed E-state index contributed by atoms with van der Waals surface area (Å²) in [5, 5.41) is 2.40. The molecule has 2 N–H and O–H groups in total. The number of amides is 1. The molecule has 0 bridgehead atoms. The SMILES string of the molecule is CC(C)c1ccnc(-c2ccc(NC(=O)C(C)(C)c3ccnc(NS(=O)(=O)C4CC4)n3)nc2)n1. The van der Waals surface area contributed by atoms with Gasteiger partial charge in [-0.15, -0.1) is 0 Å². The van der Waals surface area contributed by atoms with Crippen LogP contribution in [0.25, 0.3) is 11.4 Å². The number of rotatable bonds is 8. The van der Waals surface area contributed by atoms with E-state index in [0.29, 0.717) is 30.2 Å². The van der Waals surface area contributed by atoms with Crippen molar-refractivity contribution in [3.8, 4) is 11.4 Å². The minimum atomic E-state index is -3.50. The van der Waals surface area contributed by atoms with Crippen LogP contribution in [-0.4, -0.2) is 44.5 Å². The molecule has 0 atom stereocenters. The van der Waals surface area contributed by atoms with E-state index in [1.54, 1.807) is 44.4 Å². The van der Waals surface area contributed by atoms with Crippen molar-refractivity contribution in [2.45, 2.75) is 57.1 Å². The molecular weight excluding hydrogens is 454 g/mol. The maximum atomic E-state index is 13.0. The van der Waals surface area contributed by atoms with Crippen molar-refractivity contribution >= 4 is 27.7 Å². The Morgan fingerprint density at radius 1 is 1.03 bits per heavy atom. The fourth-order valence-electron chi connectivity index (χ4n) is 3.17. The van der Waals surface area contributed by atoms with E-state index in [-0.39, 0.29) is 17.8 Å². The van der Waals surface area contributed by atoms with Gasteiger partial charge in [0.05, 0.1) is 16.4 Å². The minimum Gasteiger partial charge on any atom is -0.310 e. The molecule has 0 spiro atoms. The summed E-state index contributed by atoms with van der Waals surface area (Å²) in [6, 6.07) is 6.95. The van der Waals surface area contributed by atoms with Crippen LogP contribution in [0.3, 0.4) is 0 Å². The number of carbonyl (C=O) groups excluding carboxylic acids is 1. The second-order valence-corrected chi connectivity index (χ2v) is 11.0. The zero-order valence-corrected chi connectivity index (χ0v) is 20.3. The summed E-state index contributed by atoms with van der Waals surface area (Å²) in [7, 11) is -3.50. The first kappa shape index (κ1) is 23.7. The summed E-state index contributed by atoms with van der Waals surface area (Å²) in [5.74, 6) is 0.823. The van der Waals surface area contributed by atoms with E-state index in [4.69, 9.17) is 0 Å². The van der Waals surface area contributed by atoms with E-state index in [9.17, 15) is 13.2 Å². The van der Waals surface area contributed by atoms with Crippen LogP contribution in [0.15, 0.2) is 42.9 Å². The number of nitrogens with zero attached hydrogens (tertiary/aromatic N) is 5. The number of sulfonamides is 1. The Bertz CT molecular complexity index is 1300. The average molecular weight is 482 g/mol. The quantitative estimate of drug-likeness (QED) is 0.500. The van der Waals surface area contributed by atoms with Crippen molar-refractivity contribution in [1.82, 2.24) is 24.9 Å². The van der Waals surface area contributed by atoms with E-state index in [0.717, 1.165) is 11.3 Å². The molecule has 11 heteroatoms. The Morgan fingerprint density at radius 2 is 1.76 bits per heavy atom. The molecule has 1 amide bonds. The smallest absolute Gasteiger partial charge is 0.237 e. The van der Waals surface area contributed by atoms with Crippen molar-refractivity contribution in [3.63, 3.8) is 0 Å². The molecule has 1 saturated carbocycles. The van der Waals surface area contributed by atoms with E-state index < -0.39 is 20.7 Å². The summed E-state index contributed by atoms with van der Waals surface area (Å²) in [6.07, 6.45) is 6.02. The molecule has 3 aromatic heterocycles. The summed E-state index contributed by atoms with van der Waals surface area (Å²) < 4.78 is 26.8. The van der Waals surface area contributed by atoms with Gasteiger partial charge in [0.25, 0.3) is 0 Å². The molecule has 10 nitrogen and oxygen atoms in total. The third kappa shape index (κ3) is 5.19. The van der Waals surface area contributed by atoms with Gasteiger partial charge in [0.2, 0.25) is 21.9 Å². The lowest BCUT2D eigenvalue weighted by atomic mass is 9.88. The number of hydrogen-bond acceptors (Lipinski definition) is 8. The Morgan fingerprint density at radius 3 is 2.41 bits per heavy atom. The molecule has 1 aliphatic rings. The van der Waals surface area contributed by atoms with Crippen LogP contribution in [0.5, 0.6) is 0 Å². The van der Waals surface area contributed by atoms with Crippen LogP contribution in [0.2, 0.25) is 0 Å². The fraction of sp³-hybridized carbons (Fsp3) is 0.391. The van der Waals surface area contributed by atoms with Crippen LogP contribution >= 0.6 is 0 Å². The standard InChI is InChI=1S/C23H27N7O3S/c1-14(2)17-9-11-24-20(27-17)15-5-8-19(26-13-15)29-21(31)23(3,4)18-10-12-25-22(28-18)30-34(32,33)16-6-7-16/h5,8-14,16H,6-7H2,1-4H3,(H,25,28,30)(H,26,29,31). The van der Waals surface area contributed by atoms with Gasteiger partial charge in [-0.2, -0.15) is 0 Å². The highest BCUT2D eigenvalue weighted by Crippen LogP contribution is 2.30. The lowest BCUT2D eigenvalue weighted by Crippen LogP contribution is -2.36. The average Bonchev–Trinajstić information content (AvgIpc) is 3.66. The van der Waals surface area contributed by atoms with Gasteiger partial charge >= 0.3 is 0 Å². The largest absolute Gasteiger partial charge is 0.310 e. The van der Waals surface area contributed by atoms with E-state index in [1.165, 1.54) is 6.20 Å². The lowest BCUT2D eigenvalue weighted by Gasteiger charge is -2.23. The van der Waals surface area contributed by atoms with Gasteiger partial charge in [0.15, 0.2) is 5.82 Å². The highest BCUT2D eigenvalue weighted by atomic mass is 32.2. The summed E-state index contributed by atoms with van der Waals surface area (Å²) in [4.78, 5) is 34.5. The third-order valence-corrected chi connectivity index (χ3v) is 7.41. The van der Waals surface area contributed by atoms with Crippen LogP contribution in [0.4, 0.5) is 11.8 Å². The highest BCUT2D eigenvalue weighted by molar-refractivity contribution is 7.93. The molecule has 3 heterocycles. The Balaban J connectivity index is 1.48. The van der Waals surface area contributed by atoms with Gasteiger partial charge in [-0.25, -0.2) is 33.3 Å². The number of nitrogens with one attached hydrogen (secondary N) is 2. The Hall–Kier alpha value is -3.47. The molecule has 1 fully saturated rings. The van der Waals surface area contributed by atoms with Gasteiger partial charge < -0.3 is 5.32 Å². The number of aromatic nitrogens is 5. The molecule has 4 rings (SSSR count). The maximum absolute atomic E-state index is 13.0. The normalized spacial score (nSPS) is 14.1. The van der Waals surface area contributed by atoms with Crippen LogP contribution < -0.4 is 10.0 Å². The Labute approximate surface area is 198 Å². The van der Waals surface area contributed by atoms with Crippen LogP contribution in [0.1, 0.15) is 57.8 Å². The molecular formula is C23H27N7O3S. The molecule has 34 heavy (non-hydrogen) atoms.